The number of nitrogens with zero attached hydrogens (tertiary/aromatic N) is 2. The summed E-state index contributed by atoms with van der Waals surface area (Å²) in [6.07, 6.45) is -2.93. The van der Waals surface area contributed by atoms with Gasteiger partial charge in [-0.3, -0.25) is 4.57 Å². The van der Waals surface area contributed by atoms with E-state index in [0.29, 0.717) is 5.25 Å². The van der Waals surface area contributed by atoms with Gasteiger partial charge in [0.15, 0.2) is 5.16 Å². The Morgan fingerprint density at radius 3 is 2.23 bits per heavy atom. The van der Waals surface area contributed by atoms with Crippen LogP contribution in [-0.4, -0.2) is 21.2 Å². The van der Waals surface area contributed by atoms with E-state index in [0.717, 1.165) is 22.1 Å². The number of rotatable bonds is 5. The molecule has 7 heteroatoms. The van der Waals surface area contributed by atoms with Gasteiger partial charge in [0.25, 0.3) is 0 Å². The molecule has 0 saturated carbocycles. The number of ether oxygens (including phenoxy) is 1. The molecule has 3 aromatic rings. The van der Waals surface area contributed by atoms with Crippen molar-refractivity contribution in [2.75, 3.05) is 0 Å². The van der Waals surface area contributed by atoms with Crippen LogP contribution < -0.4 is 4.74 Å². The van der Waals surface area contributed by atoms with Crippen molar-refractivity contribution in [3.05, 3.63) is 60.8 Å². The van der Waals surface area contributed by atoms with Gasteiger partial charge in [0.1, 0.15) is 5.75 Å². The molecule has 2 aromatic carbocycles. The second-order valence-corrected chi connectivity index (χ2v) is 7.38. The van der Waals surface area contributed by atoms with E-state index < -0.39 is 6.36 Å². The van der Waals surface area contributed by atoms with Crippen molar-refractivity contribution in [3.63, 3.8) is 0 Å². The predicted molar refractivity (Wildman–Crippen MR) is 96.7 cm³/mol. The molecule has 0 aliphatic heterocycles. The summed E-state index contributed by atoms with van der Waals surface area (Å²) in [5.74, 6) is -0.249. The van der Waals surface area contributed by atoms with E-state index in [1.807, 2.05) is 34.9 Å². The van der Waals surface area contributed by atoms with Crippen LogP contribution in [0, 0.1) is 0 Å². The summed E-state index contributed by atoms with van der Waals surface area (Å²) in [5.41, 5.74) is 2.57. The van der Waals surface area contributed by atoms with Crippen LogP contribution >= 0.6 is 11.8 Å². The van der Waals surface area contributed by atoms with Crippen LogP contribution in [0.25, 0.3) is 16.9 Å². The molecule has 0 unspecified atom stereocenters. The first-order valence-electron chi connectivity index (χ1n) is 7.99. The summed E-state index contributed by atoms with van der Waals surface area (Å²) < 4.78 is 43.0. The summed E-state index contributed by atoms with van der Waals surface area (Å²) in [7, 11) is 0. The maximum atomic E-state index is 12.4. The van der Waals surface area contributed by atoms with Gasteiger partial charge >= 0.3 is 6.36 Å². The largest absolute Gasteiger partial charge is 0.573 e. The number of hydrogen-bond donors (Lipinski definition) is 0. The maximum Gasteiger partial charge on any atom is 0.573 e. The van der Waals surface area contributed by atoms with E-state index in [4.69, 9.17) is 0 Å². The van der Waals surface area contributed by atoms with Gasteiger partial charge in [-0.1, -0.05) is 55.9 Å². The molecular weight excluding hydrogens is 361 g/mol. The lowest BCUT2D eigenvalue weighted by Gasteiger charge is -2.14. The highest BCUT2D eigenvalue weighted by Gasteiger charge is 2.31. The fourth-order valence-electron chi connectivity index (χ4n) is 2.49. The molecule has 0 N–H and O–H groups in total. The second kappa shape index (κ2) is 7.45. The highest BCUT2D eigenvalue weighted by atomic mass is 32.2. The van der Waals surface area contributed by atoms with Crippen LogP contribution in [0.3, 0.4) is 0 Å². The lowest BCUT2D eigenvalue weighted by atomic mass is 10.1. The molecule has 0 bridgehead atoms. The van der Waals surface area contributed by atoms with Crippen molar-refractivity contribution in [2.45, 2.75) is 30.6 Å². The molecule has 0 spiro atoms. The average Bonchev–Trinajstić information content (AvgIpc) is 2.98. The molecule has 0 amide bonds. The predicted octanol–water partition coefficient (Wildman–Crippen LogP) is 5.94. The zero-order valence-corrected chi connectivity index (χ0v) is 15.0. The number of imidazole rings is 1. The van der Waals surface area contributed by atoms with Gasteiger partial charge in [-0.2, -0.15) is 0 Å². The summed E-state index contributed by atoms with van der Waals surface area (Å²) in [6.45, 7) is 4.12. The second-order valence-electron chi connectivity index (χ2n) is 5.84. The van der Waals surface area contributed by atoms with Gasteiger partial charge in [0.2, 0.25) is 0 Å². The molecule has 3 rings (SSSR count). The van der Waals surface area contributed by atoms with Gasteiger partial charge in [-0.25, -0.2) is 4.98 Å². The third-order valence-corrected chi connectivity index (χ3v) is 4.44. The summed E-state index contributed by atoms with van der Waals surface area (Å²) >= 11 is 1.59. The molecule has 136 valence electrons. The lowest BCUT2D eigenvalue weighted by molar-refractivity contribution is -0.274. The van der Waals surface area contributed by atoms with E-state index in [9.17, 15) is 13.2 Å². The van der Waals surface area contributed by atoms with E-state index in [1.54, 1.807) is 30.1 Å². The number of alkyl halides is 3. The number of hydrogen-bond acceptors (Lipinski definition) is 3. The molecule has 0 saturated heterocycles. The molecule has 0 aliphatic carbocycles. The van der Waals surface area contributed by atoms with E-state index in [2.05, 4.69) is 23.6 Å². The fourth-order valence-corrected chi connectivity index (χ4v) is 3.33. The quantitative estimate of drug-likeness (QED) is 0.514. The molecule has 1 heterocycles. The average molecular weight is 378 g/mol. The summed E-state index contributed by atoms with van der Waals surface area (Å²) in [4.78, 5) is 4.51. The van der Waals surface area contributed by atoms with Gasteiger partial charge in [0.05, 0.1) is 11.9 Å². The molecule has 26 heavy (non-hydrogen) atoms. The Bertz CT molecular complexity index is 859. The van der Waals surface area contributed by atoms with Crippen LogP contribution in [-0.2, 0) is 0 Å². The monoisotopic (exact) mass is 378 g/mol. The molecule has 0 aliphatic rings. The zero-order chi connectivity index (χ0) is 18.7. The Hall–Kier alpha value is -2.41. The summed E-state index contributed by atoms with van der Waals surface area (Å²) in [6, 6.07) is 15.5. The first kappa shape index (κ1) is 18.4. The SMILES string of the molecule is CC(C)Sc1ncc(-c2ccccc2)n1-c1ccc(OC(F)(F)F)cc1. The van der Waals surface area contributed by atoms with Crippen molar-refractivity contribution >= 4 is 11.8 Å². The fraction of sp³-hybridized carbons (Fsp3) is 0.211. The van der Waals surface area contributed by atoms with Crippen molar-refractivity contribution in [1.29, 1.82) is 0 Å². The zero-order valence-electron chi connectivity index (χ0n) is 14.2. The topological polar surface area (TPSA) is 27.1 Å². The minimum Gasteiger partial charge on any atom is -0.406 e. The minimum atomic E-state index is -4.70. The molecule has 0 radical (unpaired) electrons. The third-order valence-electron chi connectivity index (χ3n) is 3.47. The van der Waals surface area contributed by atoms with Crippen LogP contribution in [0.15, 0.2) is 66.0 Å². The third kappa shape index (κ3) is 4.40. The maximum absolute atomic E-state index is 12.4. The van der Waals surface area contributed by atoms with Crippen LogP contribution in [0.1, 0.15) is 13.8 Å². The lowest BCUT2D eigenvalue weighted by Crippen LogP contribution is -2.17. The first-order valence-corrected chi connectivity index (χ1v) is 8.87. The smallest absolute Gasteiger partial charge is 0.406 e. The van der Waals surface area contributed by atoms with Crippen LogP contribution in [0.5, 0.6) is 5.75 Å². The van der Waals surface area contributed by atoms with Gasteiger partial charge in [0, 0.05) is 16.5 Å². The minimum absolute atomic E-state index is 0.249. The van der Waals surface area contributed by atoms with Crippen LogP contribution in [0.2, 0.25) is 0 Å². The van der Waals surface area contributed by atoms with Gasteiger partial charge < -0.3 is 4.74 Å². The van der Waals surface area contributed by atoms with Crippen LogP contribution in [0.4, 0.5) is 13.2 Å². The Balaban J connectivity index is 2.03. The molecule has 1 aromatic heterocycles. The Morgan fingerprint density at radius 1 is 1.00 bits per heavy atom. The van der Waals surface area contributed by atoms with Crippen molar-refractivity contribution in [3.8, 4) is 22.7 Å². The Labute approximate surface area is 153 Å². The molecule has 3 nitrogen and oxygen atoms in total. The molecule has 0 atom stereocenters. The molecular formula is C19H17F3N2OS. The highest BCUT2D eigenvalue weighted by molar-refractivity contribution is 7.99. The summed E-state index contributed by atoms with van der Waals surface area (Å²) in [5, 5.41) is 1.09. The van der Waals surface area contributed by atoms with E-state index in [-0.39, 0.29) is 5.75 Å². The Morgan fingerprint density at radius 2 is 1.65 bits per heavy atom. The van der Waals surface area contributed by atoms with Gasteiger partial charge in [-0.15, -0.1) is 13.2 Å². The van der Waals surface area contributed by atoms with Crippen molar-refractivity contribution in [2.24, 2.45) is 0 Å². The normalized spacial score (nSPS) is 11.8. The standard InChI is InChI=1S/C19H17F3N2OS/c1-13(2)26-18-23-12-17(14-6-4-3-5-7-14)24(18)15-8-10-16(11-9-15)25-19(20,21)22/h3-13H,1-2H3. The number of thioether (sulfide) groups is 1. The number of halogens is 3. The number of aromatic nitrogens is 2. The number of benzene rings is 2. The molecule has 0 fully saturated rings. The highest BCUT2D eigenvalue weighted by Crippen LogP contribution is 2.32. The van der Waals surface area contributed by atoms with E-state index in [1.165, 1.54) is 12.1 Å². The first-order chi connectivity index (χ1) is 12.3. The van der Waals surface area contributed by atoms with Gasteiger partial charge in [-0.05, 0) is 24.3 Å². The van der Waals surface area contributed by atoms with Crippen molar-refractivity contribution < 1.29 is 17.9 Å². The van der Waals surface area contributed by atoms with E-state index >= 15 is 0 Å². The Kier molecular flexibility index (Phi) is 5.27. The van der Waals surface area contributed by atoms with Crippen molar-refractivity contribution in [1.82, 2.24) is 9.55 Å².